The van der Waals surface area contributed by atoms with Crippen LogP contribution >= 0.6 is 11.6 Å². The molecule has 0 saturated heterocycles. The number of phenolic OH excluding ortho intramolecular Hbond substituents is 1. The second-order valence-electron chi connectivity index (χ2n) is 7.16. The van der Waals surface area contributed by atoms with E-state index in [-0.39, 0.29) is 24.0 Å². The molecule has 5 nitrogen and oxygen atoms in total. The van der Waals surface area contributed by atoms with Gasteiger partial charge in [-0.05, 0) is 60.2 Å². The highest BCUT2D eigenvalue weighted by atomic mass is 35.5. The number of aromatic nitrogens is 2. The first-order chi connectivity index (χ1) is 13.6. The van der Waals surface area contributed by atoms with Gasteiger partial charge in [0.05, 0.1) is 12.2 Å². The summed E-state index contributed by atoms with van der Waals surface area (Å²) in [6.45, 7) is 0.424. The molecule has 6 heteroatoms. The number of H-pyrrole nitrogens is 1. The lowest BCUT2D eigenvalue weighted by molar-refractivity contribution is -0.121. The van der Waals surface area contributed by atoms with Crippen LogP contribution in [0, 0.1) is 0 Å². The summed E-state index contributed by atoms with van der Waals surface area (Å²) in [5, 5.41) is 20.9. The molecule has 1 amide bonds. The summed E-state index contributed by atoms with van der Waals surface area (Å²) < 4.78 is 0. The Morgan fingerprint density at radius 2 is 1.96 bits per heavy atom. The first-order valence-corrected chi connectivity index (χ1v) is 9.84. The quantitative estimate of drug-likeness (QED) is 0.588. The smallest absolute Gasteiger partial charge is 0.221 e. The summed E-state index contributed by atoms with van der Waals surface area (Å²) in [6.07, 6.45) is 3.45. The first kappa shape index (κ1) is 18.6. The van der Waals surface area contributed by atoms with Gasteiger partial charge >= 0.3 is 0 Å². The van der Waals surface area contributed by atoms with Crippen LogP contribution in [0.3, 0.4) is 0 Å². The Morgan fingerprint density at radius 1 is 1.18 bits per heavy atom. The molecular weight excluding hydrogens is 374 g/mol. The van der Waals surface area contributed by atoms with Gasteiger partial charge in [-0.2, -0.15) is 5.10 Å². The Bertz CT molecular complexity index is 953. The Labute approximate surface area is 168 Å². The van der Waals surface area contributed by atoms with E-state index in [1.165, 1.54) is 11.3 Å². The molecule has 1 aliphatic rings. The molecule has 0 spiro atoms. The van der Waals surface area contributed by atoms with Crippen molar-refractivity contribution < 1.29 is 9.90 Å². The number of rotatable bonds is 6. The fourth-order valence-electron chi connectivity index (χ4n) is 3.87. The van der Waals surface area contributed by atoms with E-state index in [2.05, 4.69) is 15.5 Å². The number of aromatic hydroxyl groups is 1. The average Bonchev–Trinajstić information content (AvgIpc) is 3.28. The summed E-state index contributed by atoms with van der Waals surface area (Å²) in [4.78, 5) is 12.7. The zero-order chi connectivity index (χ0) is 19.5. The van der Waals surface area contributed by atoms with Gasteiger partial charge in [0, 0.05) is 23.1 Å². The molecule has 3 N–H and O–H groups in total. The summed E-state index contributed by atoms with van der Waals surface area (Å²) >= 11 is 6.17. The van der Waals surface area contributed by atoms with E-state index in [1.54, 1.807) is 18.2 Å². The van der Waals surface area contributed by atoms with E-state index >= 15 is 0 Å². The number of aromatic amines is 1. The molecule has 1 atom stereocenters. The number of carbonyl (C=O) groups is 1. The van der Waals surface area contributed by atoms with Crippen LogP contribution in [0.2, 0.25) is 5.02 Å². The minimum absolute atomic E-state index is 0.0666. The molecule has 0 fully saturated rings. The molecule has 0 aliphatic heterocycles. The van der Waals surface area contributed by atoms with E-state index in [4.69, 9.17) is 11.6 Å². The Hall–Kier alpha value is -2.79. The molecule has 3 aromatic rings. The van der Waals surface area contributed by atoms with Crippen molar-refractivity contribution in [2.75, 3.05) is 0 Å². The fraction of sp³-hybridized carbons (Fsp3) is 0.273. The predicted octanol–water partition coefficient (Wildman–Crippen LogP) is 4.10. The number of hydrogen-bond donors (Lipinski definition) is 3. The fourth-order valence-corrected chi connectivity index (χ4v) is 4.07. The highest BCUT2D eigenvalue weighted by Gasteiger charge is 2.21. The summed E-state index contributed by atoms with van der Waals surface area (Å²) in [6, 6.07) is 14.5. The Kier molecular flexibility index (Phi) is 5.35. The topological polar surface area (TPSA) is 78.0 Å². The van der Waals surface area contributed by atoms with Gasteiger partial charge in [0.2, 0.25) is 5.91 Å². The molecule has 2 aromatic carbocycles. The molecule has 0 bridgehead atoms. The summed E-state index contributed by atoms with van der Waals surface area (Å²) in [5.41, 5.74) is 5.19. The maximum absolute atomic E-state index is 12.7. The van der Waals surface area contributed by atoms with Crippen LogP contribution in [-0.2, 0) is 24.2 Å². The third-order valence-corrected chi connectivity index (χ3v) is 5.49. The van der Waals surface area contributed by atoms with Crippen LogP contribution in [0.15, 0.2) is 48.5 Å². The molecule has 1 heterocycles. The highest BCUT2D eigenvalue weighted by molar-refractivity contribution is 6.30. The van der Waals surface area contributed by atoms with Crippen LogP contribution in [0.25, 0.3) is 0 Å². The lowest BCUT2D eigenvalue weighted by Crippen LogP contribution is -2.25. The van der Waals surface area contributed by atoms with Gasteiger partial charge in [-0.25, -0.2) is 0 Å². The zero-order valence-corrected chi connectivity index (χ0v) is 16.2. The molecule has 0 unspecified atom stereocenters. The number of aryl methyl sites for hydroxylation is 1. The minimum atomic E-state index is -0.198. The molecule has 28 heavy (non-hydrogen) atoms. The number of phenols is 1. The van der Waals surface area contributed by atoms with Crippen molar-refractivity contribution in [2.45, 2.75) is 38.1 Å². The molecule has 0 radical (unpaired) electrons. The summed E-state index contributed by atoms with van der Waals surface area (Å²) in [5.74, 6) is -0.0872. The normalized spacial score (nSPS) is 13.9. The van der Waals surface area contributed by atoms with Gasteiger partial charge in [-0.1, -0.05) is 35.9 Å². The molecule has 0 saturated carbocycles. The maximum Gasteiger partial charge on any atom is 0.221 e. The van der Waals surface area contributed by atoms with E-state index in [1.807, 2.05) is 30.3 Å². The van der Waals surface area contributed by atoms with Crippen molar-refractivity contribution in [1.82, 2.24) is 15.5 Å². The van der Waals surface area contributed by atoms with Crippen molar-refractivity contribution >= 4 is 17.5 Å². The van der Waals surface area contributed by atoms with Crippen LogP contribution in [0.5, 0.6) is 5.75 Å². The van der Waals surface area contributed by atoms with Crippen LogP contribution in [0.1, 0.15) is 46.8 Å². The number of halogens is 1. The van der Waals surface area contributed by atoms with Gasteiger partial charge in [0.15, 0.2) is 0 Å². The van der Waals surface area contributed by atoms with Crippen LogP contribution < -0.4 is 5.32 Å². The van der Waals surface area contributed by atoms with E-state index in [0.29, 0.717) is 11.6 Å². The van der Waals surface area contributed by atoms with Gasteiger partial charge < -0.3 is 10.4 Å². The van der Waals surface area contributed by atoms with Crippen molar-refractivity contribution in [2.24, 2.45) is 0 Å². The van der Waals surface area contributed by atoms with Crippen molar-refractivity contribution in [3.05, 3.63) is 81.6 Å². The van der Waals surface area contributed by atoms with Crippen LogP contribution in [-0.4, -0.2) is 21.2 Å². The number of carbonyl (C=O) groups excluding carboxylic acids is 1. The predicted molar refractivity (Wildman–Crippen MR) is 108 cm³/mol. The number of benzene rings is 2. The second-order valence-corrected chi connectivity index (χ2v) is 7.60. The number of nitrogens with zero attached hydrogens (tertiary/aromatic N) is 1. The number of fused-ring (bicyclic) bond motifs is 1. The third kappa shape index (κ3) is 4.04. The number of nitrogens with one attached hydrogen (secondary N) is 2. The number of hydrogen-bond acceptors (Lipinski definition) is 3. The van der Waals surface area contributed by atoms with E-state index in [9.17, 15) is 9.90 Å². The van der Waals surface area contributed by atoms with Crippen LogP contribution in [0.4, 0.5) is 0 Å². The second kappa shape index (κ2) is 8.07. The summed E-state index contributed by atoms with van der Waals surface area (Å²) in [7, 11) is 0. The van der Waals surface area contributed by atoms with E-state index in [0.717, 1.165) is 36.1 Å². The van der Waals surface area contributed by atoms with Gasteiger partial charge in [0.1, 0.15) is 5.75 Å². The van der Waals surface area contributed by atoms with Gasteiger partial charge in [-0.15, -0.1) is 0 Å². The molecular formula is C22H22ClN3O2. The Balaban J connectivity index is 1.51. The molecule has 1 aromatic heterocycles. The van der Waals surface area contributed by atoms with Crippen molar-refractivity contribution in [3.63, 3.8) is 0 Å². The maximum atomic E-state index is 12.7. The largest absolute Gasteiger partial charge is 0.508 e. The molecule has 4 rings (SSSR count). The minimum Gasteiger partial charge on any atom is -0.508 e. The van der Waals surface area contributed by atoms with Crippen molar-refractivity contribution in [1.29, 1.82) is 0 Å². The SMILES string of the molecule is O=C(C[C@@H](c1cccc(O)c1)c1cccc(Cl)c1)NCc1n[nH]c2c1CCC2. The average molecular weight is 396 g/mol. The molecule has 144 valence electrons. The zero-order valence-electron chi connectivity index (χ0n) is 15.4. The standard InChI is InChI=1S/C22H22ClN3O2/c23-16-6-1-4-14(10-16)19(15-5-2-7-17(27)11-15)12-22(28)24-13-21-18-8-3-9-20(18)25-26-21/h1-2,4-7,10-11,19,27H,3,8-9,12-13H2,(H,24,28)(H,25,26)/t19-/m1/s1. The third-order valence-electron chi connectivity index (χ3n) is 5.26. The Morgan fingerprint density at radius 3 is 2.75 bits per heavy atom. The monoisotopic (exact) mass is 395 g/mol. The van der Waals surface area contributed by atoms with Gasteiger partial charge in [-0.3, -0.25) is 9.89 Å². The lowest BCUT2D eigenvalue weighted by Gasteiger charge is -2.18. The lowest BCUT2D eigenvalue weighted by atomic mass is 9.88. The van der Waals surface area contributed by atoms with E-state index < -0.39 is 0 Å². The number of amides is 1. The van der Waals surface area contributed by atoms with Crippen molar-refractivity contribution in [3.8, 4) is 5.75 Å². The molecule has 1 aliphatic carbocycles. The van der Waals surface area contributed by atoms with Gasteiger partial charge in [0.25, 0.3) is 0 Å². The highest BCUT2D eigenvalue weighted by Crippen LogP contribution is 2.31. The first-order valence-electron chi connectivity index (χ1n) is 9.46.